The van der Waals surface area contributed by atoms with E-state index < -0.39 is 27.4 Å². The molecule has 0 saturated heterocycles. The summed E-state index contributed by atoms with van der Waals surface area (Å²) in [7, 11) is -4.09. The van der Waals surface area contributed by atoms with Gasteiger partial charge in [-0.3, -0.25) is 4.72 Å². The summed E-state index contributed by atoms with van der Waals surface area (Å²) in [5, 5.41) is 16.0. The molecule has 0 bridgehead atoms. The summed E-state index contributed by atoms with van der Waals surface area (Å²) < 4.78 is 40.1. The van der Waals surface area contributed by atoms with Gasteiger partial charge in [0.1, 0.15) is 5.82 Å². The van der Waals surface area contributed by atoms with E-state index >= 15 is 0 Å². The lowest BCUT2D eigenvalue weighted by Gasteiger charge is -2.09. The fourth-order valence-electron chi connectivity index (χ4n) is 1.60. The Bertz CT molecular complexity index is 794. The Labute approximate surface area is 119 Å². The molecule has 1 aromatic carbocycles. The van der Waals surface area contributed by atoms with Crippen LogP contribution in [0.3, 0.4) is 0 Å². The van der Waals surface area contributed by atoms with E-state index in [4.69, 9.17) is 5.11 Å². The Balaban J connectivity index is 2.48. The number of aromatic nitrogens is 2. The van der Waals surface area contributed by atoms with E-state index in [0.29, 0.717) is 0 Å². The average molecular weight is 311 g/mol. The maximum atomic E-state index is 13.6. The Hall–Kier alpha value is -2.55. The lowest BCUT2D eigenvalue weighted by Crippen LogP contribution is -2.16. The van der Waals surface area contributed by atoms with Gasteiger partial charge in [0.2, 0.25) is 0 Å². The second kappa shape index (κ2) is 5.44. The molecule has 0 fully saturated rings. The summed E-state index contributed by atoms with van der Waals surface area (Å²) in [6.45, 7) is 1.28. The van der Waals surface area contributed by atoms with Crippen LogP contribution in [0.15, 0.2) is 35.4 Å². The van der Waals surface area contributed by atoms with Gasteiger partial charge < -0.3 is 5.11 Å². The lowest BCUT2D eigenvalue weighted by atomic mass is 10.1. The van der Waals surface area contributed by atoms with Gasteiger partial charge in [-0.15, -0.1) is 5.10 Å². The molecular weight excluding hydrogens is 301 g/mol. The standard InChI is InChI=1S/C12H10FN3O4S/c1-7-5-8(6-9(11(7)13)12(17)18)21(19,20)16-10-3-2-4-14-15-10/h2-6H,1H3,(H,15,16)(H,17,18). The number of nitrogens with zero attached hydrogens (tertiary/aromatic N) is 2. The van der Waals surface area contributed by atoms with Crippen molar-refractivity contribution < 1.29 is 22.7 Å². The Morgan fingerprint density at radius 3 is 2.67 bits per heavy atom. The van der Waals surface area contributed by atoms with Crippen molar-refractivity contribution in [1.82, 2.24) is 10.2 Å². The minimum absolute atomic E-state index is 0.0312. The first-order valence-corrected chi connectivity index (χ1v) is 7.13. The minimum Gasteiger partial charge on any atom is -0.478 e. The molecule has 0 spiro atoms. The van der Waals surface area contributed by atoms with Crippen LogP contribution >= 0.6 is 0 Å². The first kappa shape index (κ1) is 14.9. The largest absolute Gasteiger partial charge is 0.478 e. The number of rotatable bonds is 4. The van der Waals surface area contributed by atoms with E-state index in [1.807, 2.05) is 0 Å². The molecule has 0 saturated carbocycles. The van der Waals surface area contributed by atoms with Crippen molar-refractivity contribution in [2.75, 3.05) is 4.72 Å². The van der Waals surface area contributed by atoms with Gasteiger partial charge in [-0.2, -0.15) is 5.10 Å². The molecule has 1 aromatic heterocycles. The third-order valence-corrected chi connectivity index (χ3v) is 3.91. The number of hydrogen-bond donors (Lipinski definition) is 2. The van der Waals surface area contributed by atoms with Gasteiger partial charge in [0.05, 0.1) is 10.5 Å². The summed E-state index contributed by atoms with van der Waals surface area (Å²) in [5.41, 5.74) is -0.802. The molecule has 21 heavy (non-hydrogen) atoms. The zero-order chi connectivity index (χ0) is 15.6. The van der Waals surface area contributed by atoms with E-state index in [-0.39, 0.29) is 16.3 Å². The number of hydrogen-bond acceptors (Lipinski definition) is 5. The highest BCUT2D eigenvalue weighted by atomic mass is 32.2. The van der Waals surface area contributed by atoms with Crippen LogP contribution < -0.4 is 4.72 Å². The van der Waals surface area contributed by atoms with Crippen LogP contribution in [0.1, 0.15) is 15.9 Å². The van der Waals surface area contributed by atoms with Crippen LogP contribution in [0.4, 0.5) is 10.2 Å². The fourth-order valence-corrected chi connectivity index (χ4v) is 2.71. The fraction of sp³-hybridized carbons (Fsp3) is 0.0833. The predicted octanol–water partition coefficient (Wildman–Crippen LogP) is 1.42. The van der Waals surface area contributed by atoms with Gasteiger partial charge in [0, 0.05) is 6.20 Å². The lowest BCUT2D eigenvalue weighted by molar-refractivity contribution is 0.0691. The third kappa shape index (κ3) is 3.14. The summed E-state index contributed by atoms with van der Waals surface area (Å²) in [4.78, 5) is 10.6. The molecule has 9 heteroatoms. The van der Waals surface area contributed by atoms with Crippen molar-refractivity contribution in [3.05, 3.63) is 47.4 Å². The van der Waals surface area contributed by atoms with Gasteiger partial charge in [-0.05, 0) is 36.8 Å². The van der Waals surface area contributed by atoms with Crippen molar-refractivity contribution in [3.8, 4) is 0 Å². The second-order valence-corrected chi connectivity index (χ2v) is 5.80. The Morgan fingerprint density at radius 2 is 2.10 bits per heavy atom. The summed E-state index contributed by atoms with van der Waals surface area (Å²) in [5.74, 6) is -2.55. The Kier molecular flexibility index (Phi) is 3.85. The molecular formula is C12H10FN3O4S. The summed E-state index contributed by atoms with van der Waals surface area (Å²) >= 11 is 0. The zero-order valence-corrected chi connectivity index (χ0v) is 11.6. The number of carboxylic acid groups (broad SMARTS) is 1. The van der Waals surface area contributed by atoms with Crippen molar-refractivity contribution in [2.24, 2.45) is 0 Å². The van der Waals surface area contributed by atoms with Crippen molar-refractivity contribution in [1.29, 1.82) is 0 Å². The third-order valence-electron chi connectivity index (χ3n) is 2.58. The highest BCUT2D eigenvalue weighted by Gasteiger charge is 2.21. The van der Waals surface area contributed by atoms with Crippen molar-refractivity contribution in [2.45, 2.75) is 11.8 Å². The minimum atomic E-state index is -4.09. The average Bonchev–Trinajstić information content (AvgIpc) is 2.41. The molecule has 2 aromatic rings. The van der Waals surface area contributed by atoms with Gasteiger partial charge in [-0.1, -0.05) is 0 Å². The second-order valence-electron chi connectivity index (χ2n) is 4.12. The number of benzene rings is 1. The first-order chi connectivity index (χ1) is 9.81. The molecule has 0 aliphatic carbocycles. The van der Waals surface area contributed by atoms with Crippen molar-refractivity contribution >= 4 is 21.8 Å². The molecule has 0 aliphatic rings. The first-order valence-electron chi connectivity index (χ1n) is 5.65. The van der Waals surface area contributed by atoms with Crippen LogP contribution in [0.25, 0.3) is 0 Å². The number of aromatic carboxylic acids is 1. The number of aryl methyl sites for hydroxylation is 1. The van der Waals surface area contributed by atoms with Gasteiger partial charge in [-0.25, -0.2) is 17.6 Å². The van der Waals surface area contributed by atoms with E-state index in [1.165, 1.54) is 25.3 Å². The molecule has 0 radical (unpaired) electrons. The number of carboxylic acids is 1. The molecule has 0 atom stereocenters. The quantitative estimate of drug-likeness (QED) is 0.884. The smallest absolute Gasteiger partial charge is 0.338 e. The van der Waals surface area contributed by atoms with Crippen LogP contribution in [0.5, 0.6) is 0 Å². The monoisotopic (exact) mass is 311 g/mol. The number of halogens is 1. The molecule has 0 aliphatic heterocycles. The van der Waals surface area contributed by atoms with Crippen LogP contribution in [-0.2, 0) is 10.0 Å². The number of anilines is 1. The van der Waals surface area contributed by atoms with Gasteiger partial charge in [0.25, 0.3) is 10.0 Å². The van der Waals surface area contributed by atoms with E-state index in [0.717, 1.165) is 12.1 Å². The molecule has 0 unspecified atom stereocenters. The van der Waals surface area contributed by atoms with Crippen LogP contribution in [0.2, 0.25) is 0 Å². The predicted molar refractivity (Wildman–Crippen MR) is 70.9 cm³/mol. The zero-order valence-electron chi connectivity index (χ0n) is 10.7. The highest BCUT2D eigenvalue weighted by molar-refractivity contribution is 7.92. The molecule has 2 N–H and O–H groups in total. The van der Waals surface area contributed by atoms with Crippen LogP contribution in [0, 0.1) is 12.7 Å². The van der Waals surface area contributed by atoms with E-state index in [1.54, 1.807) is 0 Å². The number of nitrogens with one attached hydrogen (secondary N) is 1. The topological polar surface area (TPSA) is 109 Å². The maximum Gasteiger partial charge on any atom is 0.338 e. The normalized spacial score (nSPS) is 11.1. The maximum absolute atomic E-state index is 13.6. The van der Waals surface area contributed by atoms with Gasteiger partial charge >= 0.3 is 5.97 Å². The highest BCUT2D eigenvalue weighted by Crippen LogP contribution is 2.21. The summed E-state index contributed by atoms with van der Waals surface area (Å²) in [6.07, 6.45) is 1.36. The molecule has 0 amide bonds. The van der Waals surface area contributed by atoms with E-state index in [9.17, 15) is 17.6 Å². The molecule has 1 heterocycles. The number of sulfonamides is 1. The van der Waals surface area contributed by atoms with Gasteiger partial charge in [0.15, 0.2) is 5.82 Å². The molecule has 2 rings (SSSR count). The van der Waals surface area contributed by atoms with Crippen molar-refractivity contribution in [3.63, 3.8) is 0 Å². The molecule has 110 valence electrons. The summed E-state index contributed by atoms with van der Waals surface area (Å²) in [6, 6.07) is 4.65. The number of carbonyl (C=O) groups is 1. The molecule has 7 nitrogen and oxygen atoms in total. The Morgan fingerprint density at radius 1 is 1.38 bits per heavy atom. The van der Waals surface area contributed by atoms with Crippen LogP contribution in [-0.4, -0.2) is 29.7 Å². The van der Waals surface area contributed by atoms with E-state index in [2.05, 4.69) is 14.9 Å². The SMILES string of the molecule is Cc1cc(S(=O)(=O)Nc2cccnn2)cc(C(=O)O)c1F.